The molecule has 4 nitrogen and oxygen atoms in total. The van der Waals surface area contributed by atoms with Gasteiger partial charge in [-0.1, -0.05) is 47.5 Å². The molecule has 1 aliphatic rings. The van der Waals surface area contributed by atoms with E-state index in [0.717, 1.165) is 5.56 Å². The van der Waals surface area contributed by atoms with Gasteiger partial charge in [0, 0.05) is 0 Å². The summed E-state index contributed by atoms with van der Waals surface area (Å²) in [6.07, 6.45) is -0.105. The minimum atomic E-state index is -0.352. The molecule has 0 aliphatic carbocycles. The van der Waals surface area contributed by atoms with Crippen molar-refractivity contribution in [3.8, 4) is 5.75 Å². The lowest BCUT2D eigenvalue weighted by atomic mass is 9.97. The molecule has 0 radical (unpaired) electrons. The van der Waals surface area contributed by atoms with Gasteiger partial charge >= 0.3 is 0 Å². The van der Waals surface area contributed by atoms with Crippen molar-refractivity contribution in [1.82, 2.24) is 4.90 Å². The lowest BCUT2D eigenvalue weighted by molar-refractivity contribution is -0.156. The number of hydrogen-bond donors (Lipinski definition) is 0. The van der Waals surface area contributed by atoms with Gasteiger partial charge in [-0.2, -0.15) is 0 Å². The Morgan fingerprint density at radius 1 is 1.08 bits per heavy atom. The predicted octanol–water partition coefficient (Wildman–Crippen LogP) is 4.06. The van der Waals surface area contributed by atoms with Gasteiger partial charge < -0.3 is 14.4 Å². The highest BCUT2D eigenvalue weighted by Crippen LogP contribution is 2.30. The number of hydrogen-bond acceptors (Lipinski definition) is 3. The zero-order chi connectivity index (χ0) is 18.7. The summed E-state index contributed by atoms with van der Waals surface area (Å²) in [5, 5.41) is 0. The molecule has 2 aromatic carbocycles. The van der Waals surface area contributed by atoms with Crippen LogP contribution in [0.2, 0.25) is 0 Å². The van der Waals surface area contributed by atoms with Crippen LogP contribution in [0.15, 0.2) is 48.5 Å². The first-order chi connectivity index (χ1) is 12.3. The molecule has 1 amide bonds. The van der Waals surface area contributed by atoms with Gasteiger partial charge in [-0.15, -0.1) is 0 Å². The number of amides is 1. The fourth-order valence-corrected chi connectivity index (χ4v) is 3.13. The first kappa shape index (κ1) is 18.5. The third-order valence-electron chi connectivity index (χ3n) is 4.85. The average Bonchev–Trinajstić information content (AvgIpc) is 2.62. The minimum Gasteiger partial charge on any atom is -0.484 e. The zero-order valence-electron chi connectivity index (χ0n) is 16.0. The van der Waals surface area contributed by atoms with Crippen molar-refractivity contribution in [3.63, 3.8) is 0 Å². The maximum Gasteiger partial charge on any atom is 0.261 e. The highest BCUT2D eigenvalue weighted by atomic mass is 16.5. The SMILES string of the molecule is Cc1ccc(OCC(=O)N2CC(c3ccc(C)cc3)OCC2(C)C)cc1. The van der Waals surface area contributed by atoms with Crippen LogP contribution in [0.4, 0.5) is 0 Å². The molecular weight excluding hydrogens is 326 g/mol. The Morgan fingerprint density at radius 2 is 1.65 bits per heavy atom. The fourth-order valence-electron chi connectivity index (χ4n) is 3.13. The number of aryl methyl sites for hydroxylation is 2. The molecule has 0 aromatic heterocycles. The number of benzene rings is 2. The Labute approximate surface area is 155 Å². The lowest BCUT2D eigenvalue weighted by Gasteiger charge is -2.45. The van der Waals surface area contributed by atoms with E-state index in [-0.39, 0.29) is 24.2 Å². The molecule has 4 heteroatoms. The second-order valence-corrected chi connectivity index (χ2v) is 7.63. The molecule has 26 heavy (non-hydrogen) atoms. The topological polar surface area (TPSA) is 38.8 Å². The number of rotatable bonds is 4. The Hall–Kier alpha value is -2.33. The monoisotopic (exact) mass is 353 g/mol. The van der Waals surface area contributed by atoms with Gasteiger partial charge in [0.2, 0.25) is 0 Å². The minimum absolute atomic E-state index is 0.0176. The van der Waals surface area contributed by atoms with E-state index in [2.05, 4.69) is 31.2 Å². The highest BCUT2D eigenvalue weighted by molar-refractivity contribution is 5.78. The van der Waals surface area contributed by atoms with Crippen LogP contribution in [0, 0.1) is 13.8 Å². The average molecular weight is 353 g/mol. The van der Waals surface area contributed by atoms with Crippen molar-refractivity contribution in [2.45, 2.75) is 39.3 Å². The smallest absolute Gasteiger partial charge is 0.261 e. The van der Waals surface area contributed by atoms with Crippen LogP contribution < -0.4 is 4.74 Å². The van der Waals surface area contributed by atoms with Crippen molar-refractivity contribution in [1.29, 1.82) is 0 Å². The number of carbonyl (C=O) groups is 1. The third kappa shape index (κ3) is 4.25. The third-order valence-corrected chi connectivity index (χ3v) is 4.85. The van der Waals surface area contributed by atoms with Crippen LogP contribution in [-0.4, -0.2) is 36.1 Å². The van der Waals surface area contributed by atoms with Gasteiger partial charge in [-0.3, -0.25) is 4.79 Å². The molecule has 1 fully saturated rings. The maximum atomic E-state index is 12.8. The molecule has 1 aliphatic heterocycles. The lowest BCUT2D eigenvalue weighted by Crippen LogP contribution is -2.57. The molecule has 1 saturated heterocycles. The van der Waals surface area contributed by atoms with Crippen LogP contribution >= 0.6 is 0 Å². The van der Waals surface area contributed by atoms with Crippen molar-refractivity contribution in [3.05, 3.63) is 65.2 Å². The van der Waals surface area contributed by atoms with Crippen molar-refractivity contribution in [2.75, 3.05) is 19.8 Å². The second kappa shape index (κ2) is 7.50. The fraction of sp³-hybridized carbons (Fsp3) is 0.409. The molecule has 3 rings (SSSR count). The molecule has 0 N–H and O–H groups in total. The van der Waals surface area contributed by atoms with Crippen molar-refractivity contribution < 1.29 is 14.3 Å². The molecular formula is C22H27NO3. The van der Waals surface area contributed by atoms with E-state index in [1.807, 2.05) is 49.9 Å². The first-order valence-electron chi connectivity index (χ1n) is 9.03. The van der Waals surface area contributed by atoms with Gasteiger partial charge in [0.15, 0.2) is 6.61 Å². The van der Waals surface area contributed by atoms with Gasteiger partial charge in [-0.05, 0) is 45.4 Å². The van der Waals surface area contributed by atoms with Crippen LogP contribution in [-0.2, 0) is 9.53 Å². The summed E-state index contributed by atoms with van der Waals surface area (Å²) >= 11 is 0. The van der Waals surface area contributed by atoms with Gasteiger partial charge in [0.05, 0.1) is 18.7 Å². The molecule has 138 valence electrons. The summed E-state index contributed by atoms with van der Waals surface area (Å²) in [4.78, 5) is 14.7. The summed E-state index contributed by atoms with van der Waals surface area (Å²) in [6, 6.07) is 16.0. The Kier molecular flexibility index (Phi) is 5.33. The van der Waals surface area contributed by atoms with E-state index >= 15 is 0 Å². The van der Waals surface area contributed by atoms with Gasteiger partial charge in [-0.25, -0.2) is 0 Å². The molecule has 0 saturated carbocycles. The quantitative estimate of drug-likeness (QED) is 0.832. The first-order valence-corrected chi connectivity index (χ1v) is 9.03. The van der Waals surface area contributed by atoms with E-state index in [1.54, 1.807) is 0 Å². The van der Waals surface area contributed by atoms with Crippen LogP contribution in [0.5, 0.6) is 5.75 Å². The number of ether oxygens (including phenoxy) is 2. The van der Waals surface area contributed by atoms with E-state index in [9.17, 15) is 4.79 Å². The van der Waals surface area contributed by atoms with E-state index in [4.69, 9.17) is 9.47 Å². The highest BCUT2D eigenvalue weighted by Gasteiger charge is 2.38. The predicted molar refractivity (Wildman–Crippen MR) is 102 cm³/mol. The molecule has 1 unspecified atom stereocenters. The van der Waals surface area contributed by atoms with Crippen LogP contribution in [0.3, 0.4) is 0 Å². The number of morpholine rings is 1. The van der Waals surface area contributed by atoms with Crippen molar-refractivity contribution >= 4 is 5.91 Å². The molecule has 0 spiro atoms. The van der Waals surface area contributed by atoms with Gasteiger partial charge in [0.25, 0.3) is 5.91 Å². The number of nitrogens with zero attached hydrogens (tertiary/aromatic N) is 1. The van der Waals surface area contributed by atoms with Crippen molar-refractivity contribution in [2.24, 2.45) is 0 Å². The largest absolute Gasteiger partial charge is 0.484 e. The standard InChI is InChI=1S/C22H27NO3/c1-16-5-9-18(10-6-16)20-13-23(22(3,4)15-26-20)21(24)14-25-19-11-7-17(2)8-12-19/h5-12,20H,13-15H2,1-4H3. The summed E-state index contributed by atoms with van der Waals surface area (Å²) in [7, 11) is 0. The maximum absolute atomic E-state index is 12.8. The number of carbonyl (C=O) groups excluding carboxylic acids is 1. The summed E-state index contributed by atoms with van der Waals surface area (Å²) in [5.41, 5.74) is 3.13. The second-order valence-electron chi connectivity index (χ2n) is 7.63. The molecule has 1 heterocycles. The Morgan fingerprint density at radius 3 is 2.27 bits per heavy atom. The normalized spacial score (nSPS) is 19.2. The molecule has 0 bridgehead atoms. The Bertz CT molecular complexity index is 750. The van der Waals surface area contributed by atoms with E-state index in [0.29, 0.717) is 18.9 Å². The van der Waals surface area contributed by atoms with E-state index < -0.39 is 0 Å². The zero-order valence-corrected chi connectivity index (χ0v) is 16.0. The molecule has 1 atom stereocenters. The summed E-state index contributed by atoms with van der Waals surface area (Å²) in [5.74, 6) is 0.695. The summed E-state index contributed by atoms with van der Waals surface area (Å²) in [6.45, 7) is 9.22. The van der Waals surface area contributed by atoms with Crippen LogP contribution in [0.1, 0.15) is 36.6 Å². The Balaban J connectivity index is 1.67. The summed E-state index contributed by atoms with van der Waals surface area (Å²) < 4.78 is 11.7. The molecule has 2 aromatic rings. The van der Waals surface area contributed by atoms with E-state index in [1.165, 1.54) is 11.1 Å². The van der Waals surface area contributed by atoms with Crippen LogP contribution in [0.25, 0.3) is 0 Å². The van der Waals surface area contributed by atoms with Gasteiger partial charge in [0.1, 0.15) is 11.9 Å².